The molecule has 0 radical (unpaired) electrons. The summed E-state index contributed by atoms with van der Waals surface area (Å²) < 4.78 is 42.9. The lowest BCUT2D eigenvalue weighted by molar-refractivity contribution is -0.137. The van der Waals surface area contributed by atoms with E-state index in [4.69, 9.17) is 10.5 Å². The summed E-state index contributed by atoms with van der Waals surface area (Å²) in [5, 5.41) is 0. The van der Waals surface area contributed by atoms with E-state index in [0.717, 1.165) is 17.0 Å². The number of anilines is 1. The molecular weight excluding hydrogens is 299 g/mol. The van der Waals surface area contributed by atoms with Crippen molar-refractivity contribution in [3.8, 4) is 5.75 Å². The molecule has 21 heavy (non-hydrogen) atoms. The van der Waals surface area contributed by atoms with Crippen LogP contribution in [0.15, 0.2) is 53.4 Å². The quantitative estimate of drug-likeness (QED) is 0.503. The average molecular weight is 313 g/mol. The van der Waals surface area contributed by atoms with Crippen LogP contribution in [-0.2, 0) is 6.18 Å². The first-order valence-electron chi connectivity index (χ1n) is 6.24. The maximum Gasteiger partial charge on any atom is 0.416 e. The summed E-state index contributed by atoms with van der Waals surface area (Å²) in [6, 6.07) is 12.9. The number of hydrogen-bond donors (Lipinski definition) is 1. The number of thioether (sulfide) groups is 1. The Labute approximate surface area is 125 Å². The molecule has 2 aromatic carbocycles. The highest BCUT2D eigenvalue weighted by Gasteiger charge is 2.30. The van der Waals surface area contributed by atoms with Crippen LogP contribution in [0.2, 0.25) is 0 Å². The van der Waals surface area contributed by atoms with Gasteiger partial charge >= 0.3 is 6.18 Å². The van der Waals surface area contributed by atoms with Gasteiger partial charge in [0.15, 0.2) is 0 Å². The zero-order valence-corrected chi connectivity index (χ0v) is 11.9. The summed E-state index contributed by atoms with van der Waals surface area (Å²) in [5.74, 6) is 0.960. The van der Waals surface area contributed by atoms with E-state index in [9.17, 15) is 13.2 Å². The molecule has 0 aliphatic heterocycles. The molecule has 2 nitrogen and oxygen atoms in total. The molecule has 0 aromatic heterocycles. The number of hydrogen-bond acceptors (Lipinski definition) is 3. The van der Waals surface area contributed by atoms with Crippen LogP contribution in [0, 0.1) is 0 Å². The second kappa shape index (κ2) is 6.76. The predicted molar refractivity (Wildman–Crippen MR) is 78.5 cm³/mol. The minimum Gasteiger partial charge on any atom is -0.491 e. The molecule has 0 saturated heterocycles. The van der Waals surface area contributed by atoms with Gasteiger partial charge in [-0.05, 0) is 30.3 Å². The molecule has 0 aliphatic carbocycles. The average Bonchev–Trinajstić information content (AvgIpc) is 2.45. The molecule has 6 heteroatoms. The predicted octanol–water partition coefficient (Wildman–Crippen LogP) is 4.46. The highest BCUT2D eigenvalue weighted by Crippen LogP contribution is 2.33. The van der Waals surface area contributed by atoms with Gasteiger partial charge in [0.2, 0.25) is 0 Å². The van der Waals surface area contributed by atoms with Crippen molar-refractivity contribution in [1.82, 2.24) is 0 Å². The summed E-state index contributed by atoms with van der Waals surface area (Å²) in [4.78, 5) is 1.11. The summed E-state index contributed by atoms with van der Waals surface area (Å²) in [7, 11) is 0. The normalized spacial score (nSPS) is 11.4. The molecule has 0 bridgehead atoms. The summed E-state index contributed by atoms with van der Waals surface area (Å²) in [6.45, 7) is 0.370. The summed E-state index contributed by atoms with van der Waals surface area (Å²) in [6.07, 6.45) is -4.39. The van der Waals surface area contributed by atoms with Crippen molar-refractivity contribution in [2.45, 2.75) is 11.1 Å². The van der Waals surface area contributed by atoms with Gasteiger partial charge in [-0.1, -0.05) is 18.2 Å². The lowest BCUT2D eigenvalue weighted by atomic mass is 10.2. The van der Waals surface area contributed by atoms with Gasteiger partial charge in [-0.25, -0.2) is 0 Å². The van der Waals surface area contributed by atoms with E-state index in [2.05, 4.69) is 0 Å². The first kappa shape index (κ1) is 15.6. The van der Waals surface area contributed by atoms with Gasteiger partial charge in [0, 0.05) is 10.6 Å². The Morgan fingerprint density at radius 1 is 1.05 bits per heavy atom. The lowest BCUT2D eigenvalue weighted by Gasteiger charge is -2.12. The Morgan fingerprint density at radius 3 is 2.38 bits per heavy atom. The summed E-state index contributed by atoms with van der Waals surface area (Å²) in [5.41, 5.74) is 4.80. The van der Waals surface area contributed by atoms with Gasteiger partial charge < -0.3 is 10.5 Å². The van der Waals surface area contributed by atoms with Crippen molar-refractivity contribution in [3.63, 3.8) is 0 Å². The second-order valence-electron chi connectivity index (χ2n) is 4.26. The molecular formula is C15H14F3NOS. The van der Waals surface area contributed by atoms with Crippen molar-refractivity contribution in [1.29, 1.82) is 0 Å². The van der Waals surface area contributed by atoms with Gasteiger partial charge in [-0.3, -0.25) is 0 Å². The molecule has 0 saturated carbocycles. The van der Waals surface area contributed by atoms with Gasteiger partial charge in [-0.15, -0.1) is 11.8 Å². The number of rotatable bonds is 5. The zero-order chi connectivity index (χ0) is 15.3. The highest BCUT2D eigenvalue weighted by atomic mass is 32.2. The van der Waals surface area contributed by atoms with Crippen molar-refractivity contribution < 1.29 is 17.9 Å². The van der Waals surface area contributed by atoms with Gasteiger partial charge in [0.05, 0.1) is 17.9 Å². The number of nitrogens with two attached hydrogens (primary N) is 1. The number of ether oxygens (including phenoxy) is 1. The fraction of sp³-hybridized carbons (Fsp3) is 0.200. The molecule has 0 spiro atoms. The fourth-order valence-corrected chi connectivity index (χ4v) is 2.44. The van der Waals surface area contributed by atoms with E-state index < -0.39 is 11.7 Å². The third-order valence-electron chi connectivity index (χ3n) is 2.69. The van der Waals surface area contributed by atoms with E-state index in [0.29, 0.717) is 12.4 Å². The first-order valence-corrected chi connectivity index (χ1v) is 7.23. The number of halogens is 3. The van der Waals surface area contributed by atoms with E-state index in [1.165, 1.54) is 6.07 Å². The second-order valence-corrected chi connectivity index (χ2v) is 5.43. The van der Waals surface area contributed by atoms with Gasteiger partial charge in [-0.2, -0.15) is 13.2 Å². The maximum absolute atomic E-state index is 12.5. The number of nitrogen functional groups attached to an aromatic ring is 1. The summed E-state index contributed by atoms with van der Waals surface area (Å²) >= 11 is 1.61. The Morgan fingerprint density at radius 2 is 1.76 bits per heavy atom. The Kier molecular flexibility index (Phi) is 5.01. The fourth-order valence-electron chi connectivity index (χ4n) is 1.68. The largest absolute Gasteiger partial charge is 0.491 e. The third kappa shape index (κ3) is 4.60. The van der Waals surface area contributed by atoms with E-state index >= 15 is 0 Å². The Balaban J connectivity index is 1.86. The Hall–Kier alpha value is -1.82. The van der Waals surface area contributed by atoms with Crippen molar-refractivity contribution in [3.05, 3.63) is 54.1 Å². The molecule has 0 aliphatic rings. The SMILES string of the molecule is Nc1cc(C(F)(F)F)ccc1OCCSc1ccccc1. The molecule has 0 atom stereocenters. The topological polar surface area (TPSA) is 35.2 Å². The molecule has 0 unspecified atom stereocenters. The zero-order valence-electron chi connectivity index (χ0n) is 11.1. The van der Waals surface area contributed by atoms with Crippen LogP contribution in [0.1, 0.15) is 5.56 Å². The minimum atomic E-state index is -4.39. The number of benzene rings is 2. The molecule has 2 rings (SSSR count). The van der Waals surface area contributed by atoms with Crippen LogP contribution >= 0.6 is 11.8 Å². The van der Waals surface area contributed by atoms with Crippen LogP contribution in [0.3, 0.4) is 0 Å². The van der Waals surface area contributed by atoms with E-state index in [1.54, 1.807) is 11.8 Å². The van der Waals surface area contributed by atoms with Crippen LogP contribution in [0.4, 0.5) is 18.9 Å². The molecule has 0 fully saturated rings. The van der Waals surface area contributed by atoms with Crippen LogP contribution in [0.25, 0.3) is 0 Å². The van der Waals surface area contributed by atoms with Crippen LogP contribution in [-0.4, -0.2) is 12.4 Å². The minimum absolute atomic E-state index is 0.00506. The van der Waals surface area contributed by atoms with E-state index in [-0.39, 0.29) is 11.4 Å². The van der Waals surface area contributed by atoms with Gasteiger partial charge in [0.1, 0.15) is 5.75 Å². The molecule has 0 amide bonds. The smallest absolute Gasteiger partial charge is 0.416 e. The molecule has 2 N–H and O–H groups in total. The first-order chi connectivity index (χ1) is 9.97. The van der Waals surface area contributed by atoms with Crippen molar-refractivity contribution in [2.75, 3.05) is 18.1 Å². The highest BCUT2D eigenvalue weighted by molar-refractivity contribution is 7.99. The lowest BCUT2D eigenvalue weighted by Crippen LogP contribution is -2.07. The van der Waals surface area contributed by atoms with Crippen LogP contribution < -0.4 is 10.5 Å². The van der Waals surface area contributed by atoms with Gasteiger partial charge in [0.25, 0.3) is 0 Å². The number of alkyl halides is 3. The molecule has 112 valence electrons. The van der Waals surface area contributed by atoms with Crippen molar-refractivity contribution in [2.24, 2.45) is 0 Å². The van der Waals surface area contributed by atoms with Crippen molar-refractivity contribution >= 4 is 17.4 Å². The molecule has 0 heterocycles. The molecule has 2 aromatic rings. The third-order valence-corrected chi connectivity index (χ3v) is 3.67. The Bertz CT molecular complexity index is 587. The monoisotopic (exact) mass is 313 g/mol. The maximum atomic E-state index is 12.5. The van der Waals surface area contributed by atoms with Crippen LogP contribution in [0.5, 0.6) is 5.75 Å². The standard InChI is InChI=1S/C15H14F3NOS/c16-15(17,18)11-6-7-14(13(19)10-11)20-8-9-21-12-4-2-1-3-5-12/h1-7,10H,8-9,19H2. The van der Waals surface area contributed by atoms with E-state index in [1.807, 2.05) is 30.3 Å².